The molecular formula is C10H16N2S. The number of hydrogen-bond acceptors (Lipinski definition) is 3. The molecule has 13 heavy (non-hydrogen) atoms. The zero-order valence-corrected chi connectivity index (χ0v) is 8.81. The third-order valence-electron chi connectivity index (χ3n) is 2.60. The monoisotopic (exact) mass is 196 g/mol. The lowest BCUT2D eigenvalue weighted by atomic mass is 10.2. The van der Waals surface area contributed by atoms with Crippen molar-refractivity contribution in [1.82, 2.24) is 10.3 Å². The van der Waals surface area contributed by atoms with Crippen molar-refractivity contribution in [2.45, 2.75) is 38.8 Å². The van der Waals surface area contributed by atoms with E-state index in [0.29, 0.717) is 0 Å². The molecule has 2 atom stereocenters. The second kappa shape index (κ2) is 4.20. The summed E-state index contributed by atoms with van der Waals surface area (Å²) in [5.41, 5.74) is 1.90. The highest BCUT2D eigenvalue weighted by Crippen LogP contribution is 2.34. The maximum Gasteiger partial charge on any atom is 0.0794 e. The first-order valence-corrected chi connectivity index (χ1v) is 5.89. The van der Waals surface area contributed by atoms with Gasteiger partial charge in [-0.05, 0) is 18.8 Å². The number of hydrogen-bond donors (Lipinski definition) is 1. The van der Waals surface area contributed by atoms with Crippen LogP contribution >= 0.6 is 11.3 Å². The van der Waals surface area contributed by atoms with Crippen LogP contribution in [0.3, 0.4) is 0 Å². The van der Waals surface area contributed by atoms with E-state index in [1.807, 2.05) is 11.7 Å². The summed E-state index contributed by atoms with van der Waals surface area (Å²) in [6, 6.07) is 0.794. The number of nitrogens with zero attached hydrogens (tertiary/aromatic N) is 1. The molecule has 0 aromatic carbocycles. The van der Waals surface area contributed by atoms with Crippen LogP contribution in [0.5, 0.6) is 0 Å². The first-order valence-electron chi connectivity index (χ1n) is 5.01. The standard InChI is InChI=1S/C10H16N2S/c1-2-3-8-4-10(8)12-6-9-5-11-7-13-9/h5,7-8,10,12H,2-4,6H2,1H3. The summed E-state index contributed by atoms with van der Waals surface area (Å²) in [6.45, 7) is 3.27. The van der Waals surface area contributed by atoms with Crippen molar-refractivity contribution in [2.75, 3.05) is 0 Å². The Hall–Kier alpha value is -0.410. The molecule has 1 N–H and O–H groups in total. The highest BCUT2D eigenvalue weighted by atomic mass is 32.1. The molecule has 2 unspecified atom stereocenters. The minimum atomic E-state index is 0.794. The van der Waals surface area contributed by atoms with Crippen LogP contribution in [0, 0.1) is 5.92 Å². The summed E-state index contributed by atoms with van der Waals surface area (Å²) in [5.74, 6) is 0.956. The van der Waals surface area contributed by atoms with Crippen LogP contribution in [0.1, 0.15) is 31.1 Å². The topological polar surface area (TPSA) is 24.9 Å². The summed E-state index contributed by atoms with van der Waals surface area (Å²) in [4.78, 5) is 5.40. The average Bonchev–Trinajstić information content (AvgIpc) is 2.66. The average molecular weight is 196 g/mol. The molecule has 1 aliphatic carbocycles. The molecule has 1 heterocycles. The van der Waals surface area contributed by atoms with Crippen molar-refractivity contribution < 1.29 is 0 Å². The lowest BCUT2D eigenvalue weighted by Gasteiger charge is -2.00. The maximum atomic E-state index is 4.05. The Labute approximate surface area is 83.4 Å². The van der Waals surface area contributed by atoms with Gasteiger partial charge in [0, 0.05) is 23.7 Å². The van der Waals surface area contributed by atoms with Crippen LogP contribution in [0.4, 0.5) is 0 Å². The Morgan fingerprint density at radius 1 is 1.69 bits per heavy atom. The number of rotatable bonds is 5. The molecule has 0 amide bonds. The molecule has 1 saturated carbocycles. The number of nitrogens with one attached hydrogen (secondary N) is 1. The van der Waals surface area contributed by atoms with Gasteiger partial charge >= 0.3 is 0 Å². The molecule has 1 aromatic rings. The van der Waals surface area contributed by atoms with E-state index in [-0.39, 0.29) is 0 Å². The fourth-order valence-electron chi connectivity index (χ4n) is 1.75. The predicted molar refractivity (Wildman–Crippen MR) is 55.8 cm³/mol. The second-order valence-corrected chi connectivity index (χ2v) is 4.71. The van der Waals surface area contributed by atoms with E-state index in [9.17, 15) is 0 Å². The molecule has 0 saturated heterocycles. The number of thiazole rings is 1. The first-order chi connectivity index (χ1) is 6.40. The molecule has 72 valence electrons. The van der Waals surface area contributed by atoms with E-state index in [0.717, 1.165) is 18.5 Å². The van der Waals surface area contributed by atoms with Gasteiger partial charge in [-0.3, -0.25) is 4.98 Å². The van der Waals surface area contributed by atoms with Crippen molar-refractivity contribution in [3.8, 4) is 0 Å². The molecule has 1 aliphatic rings. The van der Waals surface area contributed by atoms with Crippen molar-refractivity contribution in [2.24, 2.45) is 5.92 Å². The largest absolute Gasteiger partial charge is 0.309 e. The van der Waals surface area contributed by atoms with Crippen LogP contribution in [0.15, 0.2) is 11.7 Å². The predicted octanol–water partition coefficient (Wildman–Crippen LogP) is 2.42. The Morgan fingerprint density at radius 3 is 3.31 bits per heavy atom. The van der Waals surface area contributed by atoms with E-state index in [4.69, 9.17) is 0 Å². The quantitative estimate of drug-likeness (QED) is 0.782. The van der Waals surface area contributed by atoms with E-state index in [1.54, 1.807) is 11.3 Å². The van der Waals surface area contributed by atoms with Gasteiger partial charge in [0.1, 0.15) is 0 Å². The molecule has 3 heteroatoms. The summed E-state index contributed by atoms with van der Waals surface area (Å²) < 4.78 is 0. The van der Waals surface area contributed by atoms with Gasteiger partial charge in [-0.2, -0.15) is 0 Å². The molecule has 0 bridgehead atoms. The lowest BCUT2D eigenvalue weighted by molar-refractivity contribution is 0.602. The summed E-state index contributed by atoms with van der Waals surface area (Å²) in [6.07, 6.45) is 6.05. The minimum absolute atomic E-state index is 0.794. The highest BCUT2D eigenvalue weighted by molar-refractivity contribution is 7.09. The smallest absolute Gasteiger partial charge is 0.0794 e. The molecule has 2 nitrogen and oxygen atoms in total. The zero-order chi connectivity index (χ0) is 9.10. The molecule has 1 aromatic heterocycles. The molecule has 0 aliphatic heterocycles. The second-order valence-electron chi connectivity index (χ2n) is 3.74. The van der Waals surface area contributed by atoms with Gasteiger partial charge in [-0.15, -0.1) is 11.3 Å². The van der Waals surface area contributed by atoms with Gasteiger partial charge in [0.2, 0.25) is 0 Å². The molecule has 0 spiro atoms. The zero-order valence-electron chi connectivity index (χ0n) is 7.99. The number of aromatic nitrogens is 1. The van der Waals surface area contributed by atoms with Crippen LogP contribution in [0.25, 0.3) is 0 Å². The van der Waals surface area contributed by atoms with Gasteiger partial charge in [0.15, 0.2) is 0 Å². The van der Waals surface area contributed by atoms with Crippen molar-refractivity contribution in [3.63, 3.8) is 0 Å². The Morgan fingerprint density at radius 2 is 2.62 bits per heavy atom. The van der Waals surface area contributed by atoms with E-state index < -0.39 is 0 Å². The summed E-state index contributed by atoms with van der Waals surface area (Å²) >= 11 is 1.73. The van der Waals surface area contributed by atoms with E-state index in [2.05, 4.69) is 17.2 Å². The lowest BCUT2D eigenvalue weighted by Crippen LogP contribution is -2.16. The van der Waals surface area contributed by atoms with Gasteiger partial charge in [0.05, 0.1) is 5.51 Å². The SMILES string of the molecule is CCCC1CC1NCc1cncs1. The first kappa shape index (κ1) is 9.16. The van der Waals surface area contributed by atoms with Gasteiger partial charge < -0.3 is 5.32 Å². The van der Waals surface area contributed by atoms with E-state index in [1.165, 1.54) is 24.1 Å². The van der Waals surface area contributed by atoms with Crippen molar-refractivity contribution in [1.29, 1.82) is 0 Å². The normalized spacial score (nSPS) is 26.2. The van der Waals surface area contributed by atoms with Crippen LogP contribution in [0.2, 0.25) is 0 Å². The molecule has 1 fully saturated rings. The maximum absolute atomic E-state index is 4.05. The van der Waals surface area contributed by atoms with Gasteiger partial charge in [-0.1, -0.05) is 13.3 Å². The van der Waals surface area contributed by atoms with Crippen LogP contribution in [-0.4, -0.2) is 11.0 Å². The Balaban J connectivity index is 1.65. The molecular weight excluding hydrogens is 180 g/mol. The molecule has 2 rings (SSSR count). The Bertz CT molecular complexity index is 245. The third kappa shape index (κ3) is 2.51. The van der Waals surface area contributed by atoms with Crippen LogP contribution < -0.4 is 5.32 Å². The van der Waals surface area contributed by atoms with Gasteiger partial charge in [-0.25, -0.2) is 0 Å². The Kier molecular flexibility index (Phi) is 2.96. The fraction of sp³-hybridized carbons (Fsp3) is 0.700. The minimum Gasteiger partial charge on any atom is -0.309 e. The van der Waals surface area contributed by atoms with Gasteiger partial charge in [0.25, 0.3) is 0 Å². The fourth-order valence-corrected chi connectivity index (χ4v) is 2.29. The third-order valence-corrected chi connectivity index (χ3v) is 3.38. The summed E-state index contributed by atoms with van der Waals surface area (Å²) in [7, 11) is 0. The van der Waals surface area contributed by atoms with E-state index >= 15 is 0 Å². The van der Waals surface area contributed by atoms with Crippen LogP contribution in [-0.2, 0) is 6.54 Å². The van der Waals surface area contributed by atoms with Crippen molar-refractivity contribution >= 4 is 11.3 Å². The molecule has 0 radical (unpaired) electrons. The van der Waals surface area contributed by atoms with Crippen molar-refractivity contribution in [3.05, 3.63) is 16.6 Å². The summed E-state index contributed by atoms with van der Waals surface area (Å²) in [5, 5.41) is 3.56. The highest BCUT2D eigenvalue weighted by Gasteiger charge is 2.35.